The average molecular weight is 349 g/mol. The van der Waals surface area contributed by atoms with E-state index < -0.39 is 0 Å². The topological polar surface area (TPSA) is 93.8 Å². The summed E-state index contributed by atoms with van der Waals surface area (Å²) in [5.74, 6) is 0.318. The molecule has 8 heteroatoms. The minimum absolute atomic E-state index is 0.285. The molecule has 4 aromatic rings. The Balaban J connectivity index is 1.53. The van der Waals surface area contributed by atoms with Crippen LogP contribution in [0.25, 0.3) is 22.0 Å². The van der Waals surface area contributed by atoms with Gasteiger partial charge in [0.15, 0.2) is 5.76 Å². The predicted octanol–water partition coefficient (Wildman–Crippen LogP) is 3.51. The number of nitrogens with one attached hydrogen (secondary N) is 1. The van der Waals surface area contributed by atoms with Crippen LogP contribution in [0.15, 0.2) is 65.7 Å². The minimum Gasteiger partial charge on any atom is -0.463 e. The van der Waals surface area contributed by atoms with Crippen LogP contribution in [0.2, 0.25) is 0 Å². The quantitative estimate of drug-likeness (QED) is 0.606. The highest BCUT2D eigenvalue weighted by Gasteiger charge is 2.13. The largest absolute Gasteiger partial charge is 0.463 e. The Hall–Kier alpha value is -3.39. The monoisotopic (exact) mass is 349 g/mol. The van der Waals surface area contributed by atoms with E-state index >= 15 is 0 Å². The van der Waals surface area contributed by atoms with Crippen molar-refractivity contribution in [3.8, 4) is 22.0 Å². The summed E-state index contributed by atoms with van der Waals surface area (Å²) in [7, 11) is 0. The third-order valence-corrected chi connectivity index (χ3v) is 4.26. The number of pyridine rings is 2. The molecular weight excluding hydrogens is 338 g/mol. The molecule has 7 nitrogen and oxygen atoms in total. The van der Waals surface area contributed by atoms with Crippen LogP contribution in [0.4, 0.5) is 5.13 Å². The number of aromatic nitrogens is 4. The summed E-state index contributed by atoms with van der Waals surface area (Å²) in [5, 5.41) is 12.0. The molecular formula is C17H11N5O2S. The molecule has 1 N–H and O–H groups in total. The second kappa shape index (κ2) is 6.62. The molecule has 0 spiro atoms. The van der Waals surface area contributed by atoms with Gasteiger partial charge in [-0.3, -0.25) is 20.1 Å². The summed E-state index contributed by atoms with van der Waals surface area (Å²) in [5.41, 5.74) is 1.95. The highest BCUT2D eigenvalue weighted by Crippen LogP contribution is 2.26. The van der Waals surface area contributed by atoms with E-state index in [9.17, 15) is 4.79 Å². The summed E-state index contributed by atoms with van der Waals surface area (Å²) in [6, 6.07) is 10.5. The molecule has 0 aliphatic heterocycles. The molecule has 0 radical (unpaired) electrons. The van der Waals surface area contributed by atoms with Crippen molar-refractivity contribution in [2.45, 2.75) is 0 Å². The molecule has 0 saturated heterocycles. The number of carbonyl (C=O) groups excluding carboxylic acids is 1. The third kappa shape index (κ3) is 3.29. The van der Waals surface area contributed by atoms with Gasteiger partial charge in [0, 0.05) is 29.7 Å². The Morgan fingerprint density at radius 3 is 2.76 bits per heavy atom. The molecule has 4 heterocycles. The van der Waals surface area contributed by atoms with Crippen LogP contribution in [-0.2, 0) is 0 Å². The number of anilines is 1. The van der Waals surface area contributed by atoms with Crippen molar-refractivity contribution >= 4 is 22.4 Å². The maximum atomic E-state index is 12.4. The Kier molecular flexibility index (Phi) is 4.01. The van der Waals surface area contributed by atoms with Gasteiger partial charge in [-0.05, 0) is 36.4 Å². The van der Waals surface area contributed by atoms with Crippen LogP contribution in [0.1, 0.15) is 10.4 Å². The van der Waals surface area contributed by atoms with Gasteiger partial charge in [0.25, 0.3) is 5.91 Å². The zero-order valence-electron chi connectivity index (χ0n) is 12.8. The van der Waals surface area contributed by atoms with Crippen molar-refractivity contribution in [1.29, 1.82) is 0 Å². The zero-order chi connectivity index (χ0) is 17.1. The van der Waals surface area contributed by atoms with Gasteiger partial charge in [0.1, 0.15) is 10.7 Å². The molecule has 4 rings (SSSR count). The smallest absolute Gasteiger partial charge is 0.257 e. The summed E-state index contributed by atoms with van der Waals surface area (Å²) in [6.07, 6.45) is 6.49. The van der Waals surface area contributed by atoms with Crippen molar-refractivity contribution in [3.63, 3.8) is 0 Å². The van der Waals surface area contributed by atoms with E-state index in [-0.39, 0.29) is 5.91 Å². The Morgan fingerprint density at radius 2 is 1.96 bits per heavy atom. The number of amides is 1. The molecule has 0 aliphatic carbocycles. The van der Waals surface area contributed by atoms with Crippen molar-refractivity contribution in [1.82, 2.24) is 20.2 Å². The van der Waals surface area contributed by atoms with Gasteiger partial charge >= 0.3 is 0 Å². The van der Waals surface area contributed by atoms with Gasteiger partial charge in [0.2, 0.25) is 5.13 Å². The Bertz CT molecular complexity index is 999. The SMILES string of the molecule is O=C(Nc1nnc(-c2ccncc2)s1)c1ccnc(-c2ccco2)c1. The van der Waals surface area contributed by atoms with E-state index in [1.165, 1.54) is 11.3 Å². The van der Waals surface area contributed by atoms with Crippen molar-refractivity contribution in [2.75, 3.05) is 5.32 Å². The van der Waals surface area contributed by atoms with E-state index in [0.717, 1.165) is 5.56 Å². The van der Waals surface area contributed by atoms with Gasteiger partial charge in [-0.15, -0.1) is 10.2 Å². The van der Waals surface area contributed by atoms with Gasteiger partial charge in [0.05, 0.1) is 6.26 Å². The third-order valence-electron chi connectivity index (χ3n) is 3.37. The first-order chi connectivity index (χ1) is 12.3. The van der Waals surface area contributed by atoms with Crippen LogP contribution in [0.3, 0.4) is 0 Å². The molecule has 0 atom stereocenters. The fourth-order valence-electron chi connectivity index (χ4n) is 2.19. The van der Waals surface area contributed by atoms with Crippen LogP contribution in [0.5, 0.6) is 0 Å². The lowest BCUT2D eigenvalue weighted by Crippen LogP contribution is -2.12. The maximum Gasteiger partial charge on any atom is 0.257 e. The van der Waals surface area contributed by atoms with Gasteiger partial charge < -0.3 is 4.42 Å². The van der Waals surface area contributed by atoms with E-state index in [2.05, 4.69) is 25.5 Å². The van der Waals surface area contributed by atoms with Crippen molar-refractivity contribution < 1.29 is 9.21 Å². The van der Waals surface area contributed by atoms with Gasteiger partial charge in [-0.1, -0.05) is 11.3 Å². The van der Waals surface area contributed by atoms with Crippen molar-refractivity contribution in [2.24, 2.45) is 0 Å². The number of nitrogens with zero attached hydrogens (tertiary/aromatic N) is 4. The molecule has 122 valence electrons. The lowest BCUT2D eigenvalue weighted by Gasteiger charge is -2.02. The number of hydrogen-bond donors (Lipinski definition) is 1. The first-order valence-electron chi connectivity index (χ1n) is 7.35. The van der Waals surface area contributed by atoms with E-state index in [4.69, 9.17) is 4.42 Å². The minimum atomic E-state index is -0.285. The van der Waals surface area contributed by atoms with Gasteiger partial charge in [-0.25, -0.2) is 0 Å². The highest BCUT2D eigenvalue weighted by atomic mass is 32.1. The van der Waals surface area contributed by atoms with Crippen LogP contribution in [-0.4, -0.2) is 26.1 Å². The molecule has 4 aromatic heterocycles. The molecule has 0 fully saturated rings. The molecule has 0 unspecified atom stereocenters. The summed E-state index contributed by atoms with van der Waals surface area (Å²) < 4.78 is 5.31. The van der Waals surface area contributed by atoms with E-state index in [0.29, 0.717) is 27.2 Å². The number of carbonyl (C=O) groups is 1. The first-order valence-corrected chi connectivity index (χ1v) is 8.16. The summed E-state index contributed by atoms with van der Waals surface area (Å²) >= 11 is 1.29. The average Bonchev–Trinajstić information content (AvgIpc) is 3.35. The molecule has 0 aromatic carbocycles. The lowest BCUT2D eigenvalue weighted by atomic mass is 10.2. The van der Waals surface area contributed by atoms with Gasteiger partial charge in [-0.2, -0.15) is 0 Å². The van der Waals surface area contributed by atoms with Crippen molar-refractivity contribution in [3.05, 3.63) is 66.8 Å². The number of hydrogen-bond acceptors (Lipinski definition) is 7. The molecule has 0 saturated carbocycles. The molecule has 0 bridgehead atoms. The second-order valence-corrected chi connectivity index (χ2v) is 5.99. The fraction of sp³-hybridized carbons (Fsp3) is 0. The second-order valence-electron chi connectivity index (χ2n) is 5.01. The number of furan rings is 1. The molecule has 0 aliphatic rings. The predicted molar refractivity (Wildman–Crippen MR) is 93.0 cm³/mol. The standard InChI is InChI=1S/C17H11N5O2S/c23-15(12-5-8-19-13(10-12)14-2-1-9-24-14)20-17-22-21-16(25-17)11-3-6-18-7-4-11/h1-10H,(H,20,22,23). The van der Waals surface area contributed by atoms with Crippen LogP contribution < -0.4 is 5.32 Å². The maximum absolute atomic E-state index is 12.4. The van der Waals surface area contributed by atoms with E-state index in [1.807, 2.05) is 12.1 Å². The molecule has 25 heavy (non-hydrogen) atoms. The molecule has 1 amide bonds. The number of rotatable bonds is 4. The Labute approximate surface area is 146 Å². The van der Waals surface area contributed by atoms with Crippen LogP contribution in [0, 0.1) is 0 Å². The normalized spacial score (nSPS) is 10.6. The summed E-state index contributed by atoms with van der Waals surface area (Å²) in [4.78, 5) is 20.6. The fourth-order valence-corrected chi connectivity index (χ4v) is 2.93. The summed E-state index contributed by atoms with van der Waals surface area (Å²) in [6.45, 7) is 0. The zero-order valence-corrected chi connectivity index (χ0v) is 13.6. The first kappa shape index (κ1) is 15.2. The lowest BCUT2D eigenvalue weighted by molar-refractivity contribution is 0.102. The highest BCUT2D eigenvalue weighted by molar-refractivity contribution is 7.18. The van der Waals surface area contributed by atoms with Crippen LogP contribution >= 0.6 is 11.3 Å². The Morgan fingerprint density at radius 1 is 1.08 bits per heavy atom. The van der Waals surface area contributed by atoms with E-state index in [1.54, 1.807) is 49.1 Å².